The van der Waals surface area contributed by atoms with Gasteiger partial charge in [0, 0.05) is 111 Å². The van der Waals surface area contributed by atoms with E-state index < -0.39 is 0 Å². The van der Waals surface area contributed by atoms with Crippen molar-refractivity contribution in [1.82, 2.24) is 28.7 Å². The number of rotatable bonds is 9. The number of nitrogens with zero attached hydrogens (tertiary/aromatic N) is 6. The number of furan rings is 3. The largest absolute Gasteiger partial charge is 0.456 e. The summed E-state index contributed by atoms with van der Waals surface area (Å²) in [7, 11) is 0. The van der Waals surface area contributed by atoms with Crippen LogP contribution in [0, 0.1) is 6.92 Å². The van der Waals surface area contributed by atoms with Crippen LogP contribution >= 0.6 is 0 Å². The minimum atomic E-state index is -0.146. The van der Waals surface area contributed by atoms with Gasteiger partial charge in [-0.15, -0.1) is 0 Å². The molecule has 0 atom stereocenters. The zero-order valence-corrected chi connectivity index (χ0v) is 70.2. The van der Waals surface area contributed by atoms with Gasteiger partial charge in [-0.05, 0) is 260 Å². The Balaban J connectivity index is 0.000000105. The third kappa shape index (κ3) is 12.2. The van der Waals surface area contributed by atoms with Crippen molar-refractivity contribution >= 4 is 142 Å². The molecule has 9 aromatic heterocycles. The molecule has 0 radical (unpaired) electrons. The Morgan fingerprint density at radius 3 is 1.20 bits per heavy atom. The lowest BCUT2D eigenvalue weighted by Crippen LogP contribution is -2.15. The minimum Gasteiger partial charge on any atom is -0.456 e. The third-order valence-corrected chi connectivity index (χ3v) is 26.4. The van der Waals surface area contributed by atoms with Gasteiger partial charge in [0.05, 0.1) is 44.5 Å². The number of pyridine rings is 3. The summed E-state index contributed by atoms with van der Waals surface area (Å²) >= 11 is 0. The molecule has 1 aliphatic carbocycles. The van der Waals surface area contributed by atoms with Gasteiger partial charge in [0.25, 0.3) is 0 Å². The van der Waals surface area contributed by atoms with Gasteiger partial charge >= 0.3 is 0 Å². The highest BCUT2D eigenvalue weighted by atomic mass is 16.3. The Bertz CT molecular complexity index is 9010. The molecule has 0 N–H and O–H groups in total. The molecule has 26 aromatic rings. The van der Waals surface area contributed by atoms with Crippen molar-refractivity contribution in [3.63, 3.8) is 0 Å². The highest BCUT2D eigenvalue weighted by Crippen LogP contribution is 2.52. The van der Waals surface area contributed by atoms with Crippen molar-refractivity contribution in [2.45, 2.75) is 26.2 Å². The summed E-state index contributed by atoms with van der Waals surface area (Å²) in [6, 6.07) is 143. The molecular weight excluding hydrogens is 1560 g/mol. The Morgan fingerprint density at radius 1 is 0.227 bits per heavy atom. The second-order valence-electron chi connectivity index (χ2n) is 34.2. The molecule has 1 aliphatic rings. The van der Waals surface area contributed by atoms with Gasteiger partial charge in [-0.3, -0.25) is 14.5 Å². The molecule has 0 saturated heterocycles. The van der Waals surface area contributed by atoms with E-state index in [-0.39, 0.29) is 5.41 Å². The predicted molar refractivity (Wildman–Crippen MR) is 530 cm³/mol. The van der Waals surface area contributed by atoms with E-state index in [0.717, 1.165) is 111 Å². The summed E-state index contributed by atoms with van der Waals surface area (Å²) in [6.07, 6.45) is 5.62. The summed E-state index contributed by atoms with van der Waals surface area (Å²) in [5, 5.41) is 16.8. The van der Waals surface area contributed by atoms with Gasteiger partial charge in [0.2, 0.25) is 0 Å². The van der Waals surface area contributed by atoms with E-state index in [1.807, 2.05) is 73.2 Å². The molecule has 602 valence electrons. The van der Waals surface area contributed by atoms with Crippen LogP contribution in [0.2, 0.25) is 0 Å². The van der Waals surface area contributed by atoms with Crippen molar-refractivity contribution in [3.8, 4) is 95.3 Å². The number of benzene rings is 17. The summed E-state index contributed by atoms with van der Waals surface area (Å²) in [4.78, 5) is 14.0. The first kappa shape index (κ1) is 73.9. The van der Waals surface area contributed by atoms with E-state index >= 15 is 0 Å². The van der Waals surface area contributed by atoms with Crippen LogP contribution in [0.15, 0.2) is 432 Å². The van der Waals surface area contributed by atoms with Crippen LogP contribution in [0.3, 0.4) is 0 Å². The van der Waals surface area contributed by atoms with Crippen LogP contribution in [0.1, 0.15) is 30.5 Å². The molecule has 0 saturated carbocycles. The van der Waals surface area contributed by atoms with E-state index in [0.29, 0.717) is 0 Å². The molecule has 0 amide bonds. The van der Waals surface area contributed by atoms with E-state index in [1.165, 1.54) is 143 Å². The van der Waals surface area contributed by atoms with Crippen LogP contribution in [0.5, 0.6) is 0 Å². The maximum atomic E-state index is 6.11. The lowest BCUT2D eigenvalue weighted by atomic mass is 9.81. The van der Waals surface area contributed by atoms with E-state index in [2.05, 4.69) is 385 Å². The minimum absolute atomic E-state index is 0.146. The summed E-state index contributed by atoms with van der Waals surface area (Å²) in [5.74, 6) is 0.923. The Morgan fingerprint density at radius 2 is 0.641 bits per heavy atom. The zero-order valence-electron chi connectivity index (χ0n) is 70.2. The molecule has 0 unspecified atom stereocenters. The van der Waals surface area contributed by atoms with Crippen LogP contribution < -0.4 is 0 Å². The highest BCUT2D eigenvalue weighted by molar-refractivity contribution is 6.22. The van der Waals surface area contributed by atoms with E-state index in [4.69, 9.17) is 23.2 Å². The lowest BCUT2D eigenvalue weighted by molar-refractivity contribution is 0.660. The smallest absolute Gasteiger partial charge is 0.137 e. The third-order valence-electron chi connectivity index (χ3n) is 26.4. The number of fused-ring (bicyclic) bond motifs is 23. The average molecular weight is 1640 g/mol. The fourth-order valence-corrected chi connectivity index (χ4v) is 20.2. The molecule has 9 heterocycles. The first-order chi connectivity index (χ1) is 63.1. The zero-order chi connectivity index (χ0) is 84.8. The van der Waals surface area contributed by atoms with Crippen molar-refractivity contribution in [1.29, 1.82) is 0 Å². The topological polar surface area (TPSA) is 92.9 Å². The Hall–Kier alpha value is -16.8. The maximum Gasteiger partial charge on any atom is 0.137 e. The van der Waals surface area contributed by atoms with Crippen molar-refractivity contribution in [2.24, 2.45) is 0 Å². The molecule has 128 heavy (non-hydrogen) atoms. The molecule has 0 bridgehead atoms. The maximum absolute atomic E-state index is 6.11. The molecule has 0 spiro atoms. The van der Waals surface area contributed by atoms with Crippen molar-refractivity contribution in [3.05, 3.63) is 436 Å². The van der Waals surface area contributed by atoms with E-state index in [1.54, 1.807) is 0 Å². The lowest BCUT2D eigenvalue weighted by Gasteiger charge is -2.23. The summed E-state index contributed by atoms with van der Waals surface area (Å²) < 4.78 is 25.3. The van der Waals surface area contributed by atoms with Gasteiger partial charge in [-0.2, -0.15) is 0 Å². The van der Waals surface area contributed by atoms with Gasteiger partial charge < -0.3 is 22.4 Å². The molecule has 17 aromatic carbocycles. The normalized spacial score (nSPS) is 12.4. The number of hydrogen-bond donors (Lipinski definition) is 0. The fraction of sp³-hybridized carbons (Fsp3) is 0.0336. The molecular formula is C119H78N6O3. The summed E-state index contributed by atoms with van der Waals surface area (Å²) in [5.41, 5.74) is 35.1. The fourth-order valence-electron chi connectivity index (χ4n) is 20.2. The molecule has 9 heteroatoms. The highest BCUT2D eigenvalue weighted by Gasteiger charge is 2.37. The van der Waals surface area contributed by atoms with Gasteiger partial charge in [-0.1, -0.05) is 244 Å². The van der Waals surface area contributed by atoms with Crippen molar-refractivity contribution in [2.75, 3.05) is 0 Å². The molecule has 0 fully saturated rings. The SMILES string of the molecule is CC1(C)c2cc(-c3ccccn3)ccc2-c2ccc(-n3c4ccccc4c4cc(-c5ccc6oc7ccccc7c6c5)ccc43)cc21.Cc1cccc(-c2ccnc(-c3ccc(-n4c5ccccc5c5cc(-c6ccc7oc8ccccc8c7c6)ccc54)cc3)c2)c1.c1ccc(-n2c3ccc(-c4ccc5oc6ccccc6c5c4)cc3c3c4ccccc4ccc32)nc1. The quantitative estimate of drug-likeness (QED) is 0.143. The monoisotopic (exact) mass is 1640 g/mol. The number of para-hydroxylation sites is 5. The van der Waals surface area contributed by atoms with E-state index in [9.17, 15) is 0 Å². The van der Waals surface area contributed by atoms with Crippen LogP contribution in [0.25, 0.3) is 237 Å². The molecule has 9 nitrogen and oxygen atoms in total. The Labute approximate surface area is 736 Å². The van der Waals surface area contributed by atoms with Gasteiger partial charge in [0.1, 0.15) is 39.3 Å². The van der Waals surface area contributed by atoms with Crippen LogP contribution in [-0.2, 0) is 5.41 Å². The average Bonchev–Trinajstić information content (AvgIpc) is 1.56. The van der Waals surface area contributed by atoms with Crippen LogP contribution in [-0.4, -0.2) is 28.7 Å². The second kappa shape index (κ2) is 29.5. The first-order valence-electron chi connectivity index (χ1n) is 43.6. The molecule has 27 rings (SSSR count). The Kier molecular flexibility index (Phi) is 17.0. The van der Waals surface area contributed by atoms with Crippen molar-refractivity contribution < 1.29 is 13.3 Å². The number of aryl methyl sites for hydroxylation is 1. The van der Waals surface area contributed by atoms with Gasteiger partial charge in [-0.25, -0.2) is 4.98 Å². The second-order valence-corrected chi connectivity index (χ2v) is 34.2. The first-order valence-corrected chi connectivity index (χ1v) is 43.6. The predicted octanol–water partition coefficient (Wildman–Crippen LogP) is 32.0. The number of aromatic nitrogens is 6. The number of hydrogen-bond acceptors (Lipinski definition) is 6. The van der Waals surface area contributed by atoms with Gasteiger partial charge in [0.15, 0.2) is 0 Å². The van der Waals surface area contributed by atoms with Crippen LogP contribution in [0.4, 0.5) is 0 Å². The summed E-state index contributed by atoms with van der Waals surface area (Å²) in [6.45, 7) is 6.82. The molecule has 0 aliphatic heterocycles. The standard InChI is InChI=1S/C44H30N2O.C42H28N2O.C33H20N2O/c1-44(2)37-25-29(39-11-7-8-22-45-39)14-18-31(37)32-19-17-30(26-38(32)44)46-40-12-5-3-9-33(40)35-23-27(15-20-41(35)46)28-16-21-43-36(24-28)34-10-4-6-13-42(34)47-43;1-27-7-6-8-29(23-27)32-21-22-43-38(26-32)28-13-17-33(18-14-28)44-39-11-4-2-9-34(39)36-24-30(15-19-40(36)44)31-16-20-42-37(25-31)35-10-3-5-12-41(35)45-42;1-2-8-24-21(7-1)12-16-29-33(24)27-20-22(13-15-28(27)35(29)32-11-5-6-18-34-32)23-14-17-31-26(19-23)25-9-3-4-10-30(25)36-31/h3-26H,1-2H3;2-26H,1H3;1-20H.